The van der Waals surface area contributed by atoms with E-state index in [9.17, 15) is 9.18 Å². The highest BCUT2D eigenvalue weighted by Crippen LogP contribution is 2.16. The summed E-state index contributed by atoms with van der Waals surface area (Å²) in [7, 11) is 0. The van der Waals surface area contributed by atoms with E-state index in [1.54, 1.807) is 4.90 Å². The standard InChI is InChI=1S/C12H14ClFN2O/c13-9-2-3-10(11(14)8-9)12(17)16-6-1-4-15-5-7-16/h2-3,8,15H,1,4-7H2. The number of halogens is 2. The first kappa shape index (κ1) is 12.3. The number of carbonyl (C=O) groups excluding carboxylic acids is 1. The molecule has 1 fully saturated rings. The lowest BCUT2D eigenvalue weighted by Gasteiger charge is -2.20. The number of nitrogens with one attached hydrogen (secondary N) is 1. The van der Waals surface area contributed by atoms with Crippen LogP contribution in [0.1, 0.15) is 16.8 Å². The average Bonchev–Trinajstić information content (AvgIpc) is 2.56. The second-order valence-electron chi connectivity index (χ2n) is 4.02. The van der Waals surface area contributed by atoms with Crippen molar-refractivity contribution < 1.29 is 9.18 Å². The average molecular weight is 257 g/mol. The molecule has 0 unspecified atom stereocenters. The fourth-order valence-electron chi connectivity index (χ4n) is 1.88. The van der Waals surface area contributed by atoms with Gasteiger partial charge in [-0.05, 0) is 31.2 Å². The maximum atomic E-state index is 13.6. The largest absolute Gasteiger partial charge is 0.337 e. The molecule has 5 heteroatoms. The lowest BCUT2D eigenvalue weighted by molar-refractivity contribution is 0.0761. The van der Waals surface area contributed by atoms with Crippen LogP contribution in [0.2, 0.25) is 5.02 Å². The molecule has 92 valence electrons. The number of amides is 1. The van der Waals surface area contributed by atoms with E-state index < -0.39 is 5.82 Å². The van der Waals surface area contributed by atoms with Gasteiger partial charge in [0.15, 0.2) is 0 Å². The summed E-state index contributed by atoms with van der Waals surface area (Å²) < 4.78 is 13.6. The third-order valence-electron chi connectivity index (χ3n) is 2.79. The van der Waals surface area contributed by atoms with Crippen molar-refractivity contribution in [2.45, 2.75) is 6.42 Å². The van der Waals surface area contributed by atoms with Gasteiger partial charge < -0.3 is 10.2 Å². The van der Waals surface area contributed by atoms with Crippen molar-refractivity contribution in [2.24, 2.45) is 0 Å². The number of hydrogen-bond acceptors (Lipinski definition) is 2. The van der Waals surface area contributed by atoms with Crippen molar-refractivity contribution in [3.63, 3.8) is 0 Å². The number of benzene rings is 1. The van der Waals surface area contributed by atoms with E-state index in [1.807, 2.05) is 0 Å². The quantitative estimate of drug-likeness (QED) is 0.833. The molecule has 1 saturated heterocycles. The Labute approximate surface area is 105 Å². The molecular formula is C12H14ClFN2O. The van der Waals surface area contributed by atoms with Crippen molar-refractivity contribution in [2.75, 3.05) is 26.2 Å². The highest BCUT2D eigenvalue weighted by Gasteiger charge is 2.20. The lowest BCUT2D eigenvalue weighted by atomic mass is 10.2. The van der Waals surface area contributed by atoms with Gasteiger partial charge in [0.05, 0.1) is 5.56 Å². The van der Waals surface area contributed by atoms with Crippen LogP contribution in [-0.2, 0) is 0 Å². The van der Waals surface area contributed by atoms with Crippen LogP contribution in [-0.4, -0.2) is 37.0 Å². The van der Waals surface area contributed by atoms with E-state index in [4.69, 9.17) is 11.6 Å². The molecule has 1 aliphatic rings. The molecule has 17 heavy (non-hydrogen) atoms. The summed E-state index contributed by atoms with van der Waals surface area (Å²) >= 11 is 5.66. The minimum atomic E-state index is -0.556. The molecule has 1 aromatic carbocycles. The van der Waals surface area contributed by atoms with Crippen LogP contribution in [0.4, 0.5) is 4.39 Å². The number of rotatable bonds is 1. The smallest absolute Gasteiger partial charge is 0.256 e. The Morgan fingerprint density at radius 3 is 2.94 bits per heavy atom. The van der Waals surface area contributed by atoms with Gasteiger partial charge in [0.1, 0.15) is 5.82 Å². The molecule has 2 rings (SSSR count). The van der Waals surface area contributed by atoms with E-state index in [0.29, 0.717) is 18.1 Å². The zero-order valence-corrected chi connectivity index (χ0v) is 10.1. The third kappa shape index (κ3) is 2.96. The summed E-state index contributed by atoms with van der Waals surface area (Å²) in [5.41, 5.74) is 0.0938. The summed E-state index contributed by atoms with van der Waals surface area (Å²) in [5, 5.41) is 3.50. The van der Waals surface area contributed by atoms with Crippen LogP contribution in [0.25, 0.3) is 0 Å². The fourth-order valence-corrected chi connectivity index (χ4v) is 2.04. The Bertz CT molecular complexity index is 417. The molecule has 0 radical (unpaired) electrons. The zero-order chi connectivity index (χ0) is 12.3. The van der Waals surface area contributed by atoms with Crippen molar-refractivity contribution in [3.05, 3.63) is 34.6 Å². The number of nitrogens with zero attached hydrogens (tertiary/aromatic N) is 1. The van der Waals surface area contributed by atoms with Gasteiger partial charge in [-0.1, -0.05) is 11.6 Å². The fraction of sp³-hybridized carbons (Fsp3) is 0.417. The van der Waals surface area contributed by atoms with Crippen molar-refractivity contribution in [3.8, 4) is 0 Å². The van der Waals surface area contributed by atoms with Crippen LogP contribution >= 0.6 is 11.6 Å². The molecule has 0 aromatic heterocycles. The minimum Gasteiger partial charge on any atom is -0.337 e. The SMILES string of the molecule is O=C(c1ccc(Cl)cc1F)N1CCCNCC1. The maximum Gasteiger partial charge on any atom is 0.256 e. The predicted octanol–water partition coefficient (Wildman–Crippen LogP) is 1.91. The van der Waals surface area contributed by atoms with Gasteiger partial charge in [0, 0.05) is 24.7 Å². The maximum absolute atomic E-state index is 13.6. The highest BCUT2D eigenvalue weighted by molar-refractivity contribution is 6.30. The Morgan fingerprint density at radius 1 is 1.35 bits per heavy atom. The van der Waals surface area contributed by atoms with E-state index in [2.05, 4.69) is 5.32 Å². The Kier molecular flexibility index (Phi) is 3.97. The molecular weight excluding hydrogens is 243 g/mol. The van der Waals surface area contributed by atoms with Gasteiger partial charge in [0.25, 0.3) is 5.91 Å². The molecule has 0 atom stereocenters. The lowest BCUT2D eigenvalue weighted by Crippen LogP contribution is -2.34. The first-order valence-corrected chi connectivity index (χ1v) is 6.01. The number of carbonyl (C=O) groups is 1. The van der Waals surface area contributed by atoms with E-state index >= 15 is 0 Å². The number of hydrogen-bond donors (Lipinski definition) is 1. The van der Waals surface area contributed by atoms with Gasteiger partial charge in [-0.25, -0.2) is 4.39 Å². The third-order valence-corrected chi connectivity index (χ3v) is 3.02. The van der Waals surface area contributed by atoms with E-state index in [1.165, 1.54) is 18.2 Å². The first-order valence-electron chi connectivity index (χ1n) is 5.63. The molecule has 1 aromatic rings. The van der Waals surface area contributed by atoms with E-state index in [0.717, 1.165) is 19.5 Å². The predicted molar refractivity (Wildman–Crippen MR) is 64.8 cm³/mol. The molecule has 0 saturated carbocycles. The van der Waals surface area contributed by atoms with Gasteiger partial charge in [0.2, 0.25) is 0 Å². The molecule has 0 aliphatic carbocycles. The molecule has 1 N–H and O–H groups in total. The summed E-state index contributed by atoms with van der Waals surface area (Å²) in [6.07, 6.45) is 0.890. The van der Waals surface area contributed by atoms with Crippen LogP contribution in [0.3, 0.4) is 0 Å². The van der Waals surface area contributed by atoms with Crippen LogP contribution in [0.15, 0.2) is 18.2 Å². The summed E-state index contributed by atoms with van der Waals surface area (Å²) in [4.78, 5) is 13.8. The van der Waals surface area contributed by atoms with Crippen molar-refractivity contribution >= 4 is 17.5 Å². The molecule has 1 heterocycles. The molecule has 1 aliphatic heterocycles. The van der Waals surface area contributed by atoms with Crippen molar-refractivity contribution in [1.29, 1.82) is 0 Å². The minimum absolute atomic E-state index is 0.0938. The Morgan fingerprint density at radius 2 is 2.18 bits per heavy atom. The van der Waals surface area contributed by atoms with Gasteiger partial charge in [-0.2, -0.15) is 0 Å². The summed E-state index contributed by atoms with van der Waals surface area (Å²) in [6.45, 7) is 2.92. The summed E-state index contributed by atoms with van der Waals surface area (Å²) in [5.74, 6) is -0.817. The van der Waals surface area contributed by atoms with Crippen LogP contribution < -0.4 is 5.32 Å². The normalized spacial score (nSPS) is 16.7. The van der Waals surface area contributed by atoms with Gasteiger partial charge in [-0.15, -0.1) is 0 Å². The second-order valence-corrected chi connectivity index (χ2v) is 4.46. The Hall–Kier alpha value is -1.13. The monoisotopic (exact) mass is 256 g/mol. The first-order chi connectivity index (χ1) is 8.18. The summed E-state index contributed by atoms with van der Waals surface area (Å²) in [6, 6.07) is 4.15. The Balaban J connectivity index is 2.17. The van der Waals surface area contributed by atoms with E-state index in [-0.39, 0.29) is 11.5 Å². The molecule has 1 amide bonds. The molecule has 3 nitrogen and oxygen atoms in total. The van der Waals surface area contributed by atoms with Gasteiger partial charge in [-0.3, -0.25) is 4.79 Å². The van der Waals surface area contributed by atoms with Gasteiger partial charge >= 0.3 is 0 Å². The van der Waals surface area contributed by atoms with Crippen LogP contribution in [0.5, 0.6) is 0 Å². The zero-order valence-electron chi connectivity index (χ0n) is 9.38. The van der Waals surface area contributed by atoms with Crippen LogP contribution in [0, 0.1) is 5.82 Å². The molecule has 0 bridgehead atoms. The van der Waals surface area contributed by atoms with Crippen molar-refractivity contribution in [1.82, 2.24) is 10.2 Å². The topological polar surface area (TPSA) is 32.3 Å². The molecule has 0 spiro atoms. The highest BCUT2D eigenvalue weighted by atomic mass is 35.5. The second kappa shape index (κ2) is 5.47.